The SMILES string of the molecule is O=C(O)c1cc(-c2cccc(Cl)c2)nc2c(F)cc(Cl)cc12. The van der Waals surface area contributed by atoms with E-state index in [1.807, 2.05) is 0 Å². The molecule has 3 nitrogen and oxygen atoms in total. The Morgan fingerprint density at radius 1 is 1.09 bits per heavy atom. The number of carbonyl (C=O) groups is 1. The number of nitrogens with zero attached hydrogens (tertiary/aromatic N) is 1. The molecule has 3 rings (SSSR count). The summed E-state index contributed by atoms with van der Waals surface area (Å²) in [6, 6.07) is 10.6. The number of pyridine rings is 1. The van der Waals surface area contributed by atoms with E-state index in [4.69, 9.17) is 23.2 Å². The van der Waals surface area contributed by atoms with Gasteiger partial charge in [-0.25, -0.2) is 14.2 Å². The molecule has 6 heteroatoms. The van der Waals surface area contributed by atoms with Gasteiger partial charge in [-0.05, 0) is 30.3 Å². The predicted molar refractivity (Wildman–Crippen MR) is 84.1 cm³/mol. The summed E-state index contributed by atoms with van der Waals surface area (Å²) in [5.41, 5.74) is 0.820. The van der Waals surface area contributed by atoms with Crippen molar-refractivity contribution in [1.82, 2.24) is 4.98 Å². The number of carboxylic acids is 1. The Labute approximate surface area is 134 Å². The summed E-state index contributed by atoms with van der Waals surface area (Å²) in [5.74, 6) is -1.86. The van der Waals surface area contributed by atoms with Gasteiger partial charge in [-0.3, -0.25) is 0 Å². The van der Waals surface area contributed by atoms with Gasteiger partial charge in [0.1, 0.15) is 5.52 Å². The van der Waals surface area contributed by atoms with E-state index in [1.54, 1.807) is 24.3 Å². The van der Waals surface area contributed by atoms with Crippen LogP contribution in [0.5, 0.6) is 0 Å². The van der Waals surface area contributed by atoms with Crippen molar-refractivity contribution in [1.29, 1.82) is 0 Å². The molecule has 1 heterocycles. The normalized spacial score (nSPS) is 10.9. The van der Waals surface area contributed by atoms with Crippen LogP contribution in [0.25, 0.3) is 22.2 Å². The van der Waals surface area contributed by atoms with Gasteiger partial charge >= 0.3 is 5.97 Å². The molecule has 0 saturated carbocycles. The van der Waals surface area contributed by atoms with E-state index in [9.17, 15) is 14.3 Å². The van der Waals surface area contributed by atoms with Crippen LogP contribution in [0.1, 0.15) is 10.4 Å². The van der Waals surface area contributed by atoms with E-state index in [-0.39, 0.29) is 21.5 Å². The number of carboxylic acid groups (broad SMARTS) is 1. The Morgan fingerprint density at radius 2 is 1.86 bits per heavy atom. The average Bonchev–Trinajstić information content (AvgIpc) is 2.46. The third-order valence-corrected chi connectivity index (χ3v) is 3.64. The van der Waals surface area contributed by atoms with Gasteiger partial charge in [-0.2, -0.15) is 0 Å². The summed E-state index contributed by atoms with van der Waals surface area (Å²) < 4.78 is 14.1. The first kappa shape index (κ1) is 14.8. The molecule has 0 aliphatic carbocycles. The third kappa shape index (κ3) is 2.63. The topological polar surface area (TPSA) is 50.2 Å². The lowest BCUT2D eigenvalue weighted by molar-refractivity contribution is 0.0699. The van der Waals surface area contributed by atoms with E-state index >= 15 is 0 Å². The highest BCUT2D eigenvalue weighted by atomic mass is 35.5. The number of halogens is 3. The van der Waals surface area contributed by atoms with Gasteiger partial charge in [-0.15, -0.1) is 0 Å². The number of benzene rings is 2. The fourth-order valence-electron chi connectivity index (χ4n) is 2.22. The molecule has 0 aliphatic rings. The average molecular weight is 336 g/mol. The molecule has 1 N–H and O–H groups in total. The van der Waals surface area contributed by atoms with Crippen molar-refractivity contribution in [3.05, 3.63) is 63.9 Å². The van der Waals surface area contributed by atoms with Crippen LogP contribution in [0.4, 0.5) is 4.39 Å². The largest absolute Gasteiger partial charge is 0.478 e. The van der Waals surface area contributed by atoms with E-state index in [1.165, 1.54) is 12.1 Å². The molecule has 0 bridgehead atoms. The van der Waals surface area contributed by atoms with Gasteiger partial charge in [0.2, 0.25) is 0 Å². The molecule has 0 atom stereocenters. The van der Waals surface area contributed by atoms with Crippen LogP contribution in [0.15, 0.2) is 42.5 Å². The van der Waals surface area contributed by atoms with Crippen molar-refractivity contribution in [3.63, 3.8) is 0 Å². The molecular formula is C16H8Cl2FNO2. The standard InChI is InChI=1S/C16H8Cl2FNO2/c17-9-3-1-2-8(4-9)14-7-12(16(21)22)11-5-10(18)6-13(19)15(11)20-14/h1-7H,(H,21,22). The first-order valence-electron chi connectivity index (χ1n) is 6.25. The first-order valence-corrected chi connectivity index (χ1v) is 7.00. The minimum Gasteiger partial charge on any atom is -0.478 e. The molecule has 0 unspecified atom stereocenters. The monoisotopic (exact) mass is 335 g/mol. The van der Waals surface area contributed by atoms with Crippen molar-refractivity contribution in [3.8, 4) is 11.3 Å². The maximum Gasteiger partial charge on any atom is 0.336 e. The minimum atomic E-state index is -1.18. The molecule has 1 aromatic heterocycles. The fraction of sp³-hybridized carbons (Fsp3) is 0. The van der Waals surface area contributed by atoms with E-state index in [0.717, 1.165) is 6.07 Å². The molecule has 22 heavy (non-hydrogen) atoms. The van der Waals surface area contributed by atoms with Crippen molar-refractivity contribution in [2.24, 2.45) is 0 Å². The number of aromatic nitrogens is 1. The Kier molecular flexibility index (Phi) is 3.72. The summed E-state index contributed by atoms with van der Waals surface area (Å²) in [4.78, 5) is 15.7. The second kappa shape index (κ2) is 5.55. The summed E-state index contributed by atoms with van der Waals surface area (Å²) in [5, 5.41) is 10.1. The van der Waals surface area contributed by atoms with Gasteiger partial charge in [0.05, 0.1) is 11.3 Å². The summed E-state index contributed by atoms with van der Waals surface area (Å²) in [6.45, 7) is 0. The number of aromatic carboxylic acids is 1. The van der Waals surface area contributed by atoms with Crippen LogP contribution in [-0.2, 0) is 0 Å². The van der Waals surface area contributed by atoms with Gasteiger partial charge in [0, 0.05) is 21.0 Å². The zero-order valence-corrected chi connectivity index (χ0v) is 12.5. The molecule has 0 amide bonds. The first-order chi connectivity index (χ1) is 10.5. The lowest BCUT2D eigenvalue weighted by atomic mass is 10.0. The van der Waals surface area contributed by atoms with Crippen molar-refractivity contribution in [2.45, 2.75) is 0 Å². The Hall–Kier alpha value is -2.17. The summed E-state index contributed by atoms with van der Waals surface area (Å²) in [6.07, 6.45) is 0. The highest BCUT2D eigenvalue weighted by Gasteiger charge is 2.16. The fourth-order valence-corrected chi connectivity index (χ4v) is 2.62. The molecule has 0 saturated heterocycles. The zero-order chi connectivity index (χ0) is 15.9. The molecule has 0 aliphatic heterocycles. The van der Waals surface area contributed by atoms with Crippen molar-refractivity contribution >= 4 is 40.1 Å². The summed E-state index contributed by atoms with van der Waals surface area (Å²) in [7, 11) is 0. The maximum atomic E-state index is 14.1. The predicted octanol–water partition coefficient (Wildman–Crippen LogP) is 5.05. The van der Waals surface area contributed by atoms with Crippen LogP contribution < -0.4 is 0 Å². The second-order valence-electron chi connectivity index (χ2n) is 4.65. The molecule has 0 radical (unpaired) electrons. The van der Waals surface area contributed by atoms with E-state index < -0.39 is 11.8 Å². The van der Waals surface area contributed by atoms with Crippen LogP contribution >= 0.6 is 23.2 Å². The van der Waals surface area contributed by atoms with Crippen LogP contribution in [0, 0.1) is 5.82 Å². The quantitative estimate of drug-likeness (QED) is 0.713. The lowest BCUT2D eigenvalue weighted by Crippen LogP contribution is -2.01. The Morgan fingerprint density at radius 3 is 2.55 bits per heavy atom. The molecule has 2 aromatic carbocycles. The second-order valence-corrected chi connectivity index (χ2v) is 5.53. The number of fused-ring (bicyclic) bond motifs is 1. The number of hydrogen-bond donors (Lipinski definition) is 1. The zero-order valence-electron chi connectivity index (χ0n) is 11.0. The maximum absolute atomic E-state index is 14.1. The number of hydrogen-bond acceptors (Lipinski definition) is 2. The Bertz CT molecular complexity index is 912. The van der Waals surface area contributed by atoms with Crippen LogP contribution in [0.3, 0.4) is 0 Å². The van der Waals surface area contributed by atoms with E-state index in [2.05, 4.69) is 4.98 Å². The van der Waals surface area contributed by atoms with Crippen LogP contribution in [-0.4, -0.2) is 16.1 Å². The van der Waals surface area contributed by atoms with Crippen molar-refractivity contribution < 1.29 is 14.3 Å². The smallest absolute Gasteiger partial charge is 0.336 e. The van der Waals surface area contributed by atoms with Gasteiger partial charge < -0.3 is 5.11 Å². The third-order valence-electron chi connectivity index (χ3n) is 3.18. The van der Waals surface area contributed by atoms with Crippen molar-refractivity contribution in [2.75, 3.05) is 0 Å². The van der Waals surface area contributed by atoms with Crippen LogP contribution in [0.2, 0.25) is 10.0 Å². The summed E-state index contributed by atoms with van der Waals surface area (Å²) >= 11 is 11.7. The van der Waals surface area contributed by atoms with Gasteiger partial charge in [0.25, 0.3) is 0 Å². The lowest BCUT2D eigenvalue weighted by Gasteiger charge is -2.08. The molecular weight excluding hydrogens is 328 g/mol. The molecule has 0 spiro atoms. The van der Waals surface area contributed by atoms with Gasteiger partial charge in [0.15, 0.2) is 5.82 Å². The minimum absolute atomic E-state index is 0.0423. The molecule has 0 fully saturated rings. The van der Waals surface area contributed by atoms with Gasteiger partial charge in [-0.1, -0.05) is 35.3 Å². The molecule has 110 valence electrons. The molecule has 3 aromatic rings. The highest BCUT2D eigenvalue weighted by molar-refractivity contribution is 6.31. The Balaban J connectivity index is 2.37. The van der Waals surface area contributed by atoms with E-state index in [0.29, 0.717) is 16.3 Å². The highest BCUT2D eigenvalue weighted by Crippen LogP contribution is 2.29. The number of rotatable bonds is 2.